The summed E-state index contributed by atoms with van der Waals surface area (Å²) in [4.78, 5) is 35.7. The van der Waals surface area contributed by atoms with Crippen molar-refractivity contribution in [1.29, 1.82) is 0 Å². The Morgan fingerprint density at radius 1 is 1.11 bits per heavy atom. The molecule has 0 saturated heterocycles. The molecule has 10 nitrogen and oxygen atoms in total. The van der Waals surface area contributed by atoms with Crippen molar-refractivity contribution in [3.8, 4) is 23.1 Å². The Bertz CT molecular complexity index is 1340. The monoisotopic (exact) mass is 502 g/mol. The van der Waals surface area contributed by atoms with Crippen molar-refractivity contribution >= 4 is 29.2 Å². The lowest BCUT2D eigenvalue weighted by atomic mass is 10.0. The third kappa shape index (κ3) is 5.87. The van der Waals surface area contributed by atoms with E-state index in [1.807, 2.05) is 0 Å². The maximum atomic E-state index is 13.9. The van der Waals surface area contributed by atoms with E-state index in [0.29, 0.717) is 11.1 Å². The molecule has 1 aromatic carbocycles. The molecule has 0 saturated carbocycles. The zero-order valence-corrected chi connectivity index (χ0v) is 19.4. The number of hydrogen-bond acceptors (Lipinski definition) is 8. The number of hydrogen-bond donors (Lipinski definition) is 3. The van der Waals surface area contributed by atoms with Crippen LogP contribution in [0.2, 0.25) is 0 Å². The Hall–Kier alpha value is -4.68. The number of ether oxygens (including phenoxy) is 2. The highest BCUT2D eigenvalue weighted by Crippen LogP contribution is 2.42. The normalized spacial score (nSPS) is 10.9. The van der Waals surface area contributed by atoms with Gasteiger partial charge in [-0.15, -0.1) is 0 Å². The fourth-order valence-corrected chi connectivity index (χ4v) is 3.10. The van der Waals surface area contributed by atoms with Crippen LogP contribution in [0.25, 0.3) is 11.3 Å². The maximum absolute atomic E-state index is 13.9. The highest BCUT2D eigenvalue weighted by atomic mass is 19.4. The van der Waals surface area contributed by atoms with Gasteiger partial charge < -0.3 is 20.5 Å². The van der Waals surface area contributed by atoms with E-state index in [1.165, 1.54) is 37.6 Å². The highest BCUT2D eigenvalue weighted by molar-refractivity contribution is 6.02. The number of carbonyl (C=O) groups excluding carboxylic acids is 2. The van der Waals surface area contributed by atoms with Gasteiger partial charge >= 0.3 is 18.3 Å². The molecule has 0 spiro atoms. The van der Waals surface area contributed by atoms with Crippen LogP contribution in [-0.4, -0.2) is 34.1 Å². The number of nitrogens with one attached hydrogen (secondary N) is 2. The Labute approximate surface area is 203 Å². The molecule has 3 rings (SSSR count). The van der Waals surface area contributed by atoms with Crippen molar-refractivity contribution in [2.75, 3.05) is 23.5 Å². The third-order valence-electron chi connectivity index (χ3n) is 4.78. The lowest BCUT2D eigenvalue weighted by Crippen LogP contribution is -2.21. The van der Waals surface area contributed by atoms with Crippen LogP contribution in [0.15, 0.2) is 43.1 Å². The molecule has 0 atom stereocenters. The molecule has 0 aliphatic heterocycles. The second kappa shape index (κ2) is 10.3. The number of alkyl halides is 3. The van der Waals surface area contributed by atoms with Crippen molar-refractivity contribution < 1.29 is 32.2 Å². The number of nitrogens with zero attached hydrogens (tertiary/aromatic N) is 3. The number of anilines is 3. The fraction of sp³-hybridized carbons (Fsp3) is 0.174. The van der Waals surface area contributed by atoms with Gasteiger partial charge in [0.1, 0.15) is 11.4 Å². The average Bonchev–Trinajstić information content (AvgIpc) is 2.79. The van der Waals surface area contributed by atoms with E-state index >= 15 is 0 Å². The van der Waals surface area contributed by atoms with Gasteiger partial charge in [0.15, 0.2) is 0 Å². The smallest absolute Gasteiger partial charge is 0.422 e. The lowest BCUT2D eigenvalue weighted by Gasteiger charge is -2.18. The number of rotatable bonds is 6. The van der Waals surface area contributed by atoms with E-state index in [2.05, 4.69) is 32.2 Å². The molecular weight excluding hydrogens is 481 g/mol. The molecule has 13 heteroatoms. The minimum absolute atomic E-state index is 0.0124. The van der Waals surface area contributed by atoms with Gasteiger partial charge in [0, 0.05) is 17.8 Å². The van der Waals surface area contributed by atoms with Crippen LogP contribution in [0.4, 0.5) is 35.2 Å². The van der Waals surface area contributed by atoms with E-state index in [-0.39, 0.29) is 22.8 Å². The van der Waals surface area contributed by atoms with Crippen LogP contribution in [0.1, 0.15) is 16.7 Å². The van der Waals surface area contributed by atoms with Crippen LogP contribution in [-0.2, 0) is 11.0 Å². The number of benzene rings is 1. The minimum Gasteiger partial charge on any atom is -0.481 e. The predicted molar refractivity (Wildman–Crippen MR) is 126 cm³/mol. The second-order valence-electron chi connectivity index (χ2n) is 7.41. The summed E-state index contributed by atoms with van der Waals surface area (Å²) >= 11 is 0. The lowest BCUT2D eigenvalue weighted by molar-refractivity contribution is -0.136. The summed E-state index contributed by atoms with van der Waals surface area (Å²) in [5.74, 6) is -1.42. The number of amides is 2. The molecule has 188 valence electrons. The van der Waals surface area contributed by atoms with E-state index < -0.39 is 41.3 Å². The summed E-state index contributed by atoms with van der Waals surface area (Å²) in [6.07, 6.45) is -3.66. The van der Waals surface area contributed by atoms with Gasteiger partial charge in [-0.05, 0) is 37.1 Å². The first-order valence-electron chi connectivity index (χ1n) is 10.2. The molecular formula is C23H21F3N6O4. The molecule has 0 unspecified atom stereocenters. The molecule has 2 heterocycles. The van der Waals surface area contributed by atoms with E-state index in [1.54, 1.807) is 13.8 Å². The molecule has 2 amide bonds. The quantitative estimate of drug-likeness (QED) is 0.419. The van der Waals surface area contributed by atoms with Crippen LogP contribution < -0.4 is 25.8 Å². The fourth-order valence-electron chi connectivity index (χ4n) is 3.10. The van der Waals surface area contributed by atoms with Crippen LogP contribution in [0, 0.1) is 13.8 Å². The molecule has 36 heavy (non-hydrogen) atoms. The third-order valence-corrected chi connectivity index (χ3v) is 4.78. The van der Waals surface area contributed by atoms with Crippen molar-refractivity contribution in [3.63, 3.8) is 0 Å². The molecule has 2 aromatic heterocycles. The molecule has 0 aliphatic carbocycles. The SMILES string of the molecule is C=CC(=O)Nc1cc(C)ccc1-c1nc(OC(=O)Nc2cc(OC)ncc2C)nc(N)c1C(F)(F)F. The topological polar surface area (TPSA) is 141 Å². The van der Waals surface area contributed by atoms with Crippen molar-refractivity contribution in [3.05, 3.63) is 59.8 Å². The van der Waals surface area contributed by atoms with Crippen molar-refractivity contribution in [1.82, 2.24) is 15.0 Å². The summed E-state index contributed by atoms with van der Waals surface area (Å²) < 4.78 is 51.8. The number of methoxy groups -OCH3 is 1. The Balaban J connectivity index is 2.06. The van der Waals surface area contributed by atoms with Gasteiger partial charge in [0.05, 0.1) is 24.2 Å². The number of aryl methyl sites for hydroxylation is 2. The van der Waals surface area contributed by atoms with Gasteiger partial charge in [0.2, 0.25) is 11.8 Å². The van der Waals surface area contributed by atoms with Gasteiger partial charge in [0.25, 0.3) is 0 Å². The molecule has 0 aliphatic rings. The van der Waals surface area contributed by atoms with Crippen molar-refractivity contribution in [2.45, 2.75) is 20.0 Å². The minimum atomic E-state index is -4.96. The van der Waals surface area contributed by atoms with Gasteiger partial charge in [-0.25, -0.2) is 9.78 Å². The number of pyridine rings is 1. The number of nitrogen functional groups attached to an aromatic ring is 1. The summed E-state index contributed by atoms with van der Waals surface area (Å²) in [6.45, 7) is 6.67. The van der Waals surface area contributed by atoms with E-state index in [4.69, 9.17) is 15.2 Å². The zero-order chi connectivity index (χ0) is 26.6. The predicted octanol–water partition coefficient (Wildman–Crippen LogP) is 4.50. The maximum Gasteiger partial charge on any atom is 0.422 e. The van der Waals surface area contributed by atoms with Crippen LogP contribution in [0.5, 0.6) is 11.9 Å². The van der Waals surface area contributed by atoms with E-state index in [9.17, 15) is 22.8 Å². The molecule has 0 bridgehead atoms. The Kier molecular flexibility index (Phi) is 7.42. The van der Waals surface area contributed by atoms with Crippen LogP contribution in [0.3, 0.4) is 0 Å². The molecule has 3 aromatic rings. The van der Waals surface area contributed by atoms with E-state index in [0.717, 1.165) is 6.08 Å². The summed E-state index contributed by atoms with van der Waals surface area (Å²) in [6, 6.07) is 4.96. The number of carbonyl (C=O) groups is 2. The Morgan fingerprint density at radius 3 is 2.47 bits per heavy atom. The first kappa shape index (κ1) is 25.9. The van der Waals surface area contributed by atoms with Gasteiger partial charge in [-0.3, -0.25) is 10.1 Å². The second-order valence-corrected chi connectivity index (χ2v) is 7.41. The van der Waals surface area contributed by atoms with Crippen LogP contribution >= 0.6 is 0 Å². The summed E-state index contributed by atoms with van der Waals surface area (Å²) in [5.41, 5.74) is 4.95. The summed E-state index contributed by atoms with van der Waals surface area (Å²) in [5, 5.41) is 4.86. The Morgan fingerprint density at radius 2 is 1.83 bits per heavy atom. The van der Waals surface area contributed by atoms with Gasteiger partial charge in [-0.2, -0.15) is 23.1 Å². The molecule has 0 fully saturated rings. The molecule has 4 N–H and O–H groups in total. The first-order valence-corrected chi connectivity index (χ1v) is 10.2. The molecule has 0 radical (unpaired) electrons. The number of aromatic nitrogens is 3. The number of nitrogens with two attached hydrogens (primary N) is 1. The zero-order valence-electron chi connectivity index (χ0n) is 19.4. The standard InChI is InChI=1S/C23H21F3N6O4/c1-5-16(33)29-15-8-11(2)6-7-13(15)19-18(23(24,25)26)20(27)32-21(31-19)36-22(34)30-14-9-17(35-4)28-10-12(14)3/h5-10H,1H2,2-4H3,(H,29,33)(H2,27,31,32)(H,28,30,34). The summed E-state index contributed by atoms with van der Waals surface area (Å²) in [7, 11) is 1.39. The van der Waals surface area contributed by atoms with Gasteiger partial charge in [-0.1, -0.05) is 18.7 Å². The highest BCUT2D eigenvalue weighted by Gasteiger charge is 2.39. The van der Waals surface area contributed by atoms with Crippen molar-refractivity contribution in [2.24, 2.45) is 0 Å². The number of halogens is 3. The largest absolute Gasteiger partial charge is 0.481 e. The average molecular weight is 502 g/mol. The first-order chi connectivity index (χ1) is 16.9.